The predicted octanol–water partition coefficient (Wildman–Crippen LogP) is 3.93. The van der Waals surface area contributed by atoms with Crippen molar-refractivity contribution in [3.8, 4) is 0 Å². The number of hydrogen-bond acceptors (Lipinski definition) is 3. The number of carbonyl (C=O) groups is 2. The highest BCUT2D eigenvalue weighted by molar-refractivity contribution is 5.89. The summed E-state index contributed by atoms with van der Waals surface area (Å²) < 4.78 is 5.02. The molecule has 1 unspecified atom stereocenters. The van der Waals surface area contributed by atoms with Crippen LogP contribution in [0.3, 0.4) is 0 Å². The molecule has 0 bridgehead atoms. The molecule has 2 aromatic carbocycles. The van der Waals surface area contributed by atoms with Crippen LogP contribution in [0.2, 0.25) is 0 Å². The smallest absolute Gasteiger partial charge is 0.306 e. The lowest BCUT2D eigenvalue weighted by Crippen LogP contribution is -2.32. The zero-order valence-corrected chi connectivity index (χ0v) is 13.4. The van der Waals surface area contributed by atoms with Gasteiger partial charge in [0.2, 0.25) is 0 Å². The number of esters is 1. The first-order valence-electron chi connectivity index (χ1n) is 7.59. The molecule has 0 fully saturated rings. The van der Waals surface area contributed by atoms with Gasteiger partial charge in [0.05, 0.1) is 13.0 Å². The van der Waals surface area contributed by atoms with E-state index >= 15 is 0 Å². The van der Waals surface area contributed by atoms with Crippen molar-refractivity contribution >= 4 is 22.5 Å². The second-order valence-electron chi connectivity index (χ2n) is 5.91. The van der Waals surface area contributed by atoms with E-state index < -0.39 is 5.41 Å². The van der Waals surface area contributed by atoms with Gasteiger partial charge < -0.3 is 4.74 Å². The quantitative estimate of drug-likeness (QED) is 0.759. The first-order chi connectivity index (χ1) is 10.5. The van der Waals surface area contributed by atoms with Gasteiger partial charge in [-0.2, -0.15) is 0 Å². The average molecular weight is 298 g/mol. The molecule has 0 saturated heterocycles. The molecular formula is C19H22O3. The molecule has 3 heteroatoms. The van der Waals surface area contributed by atoms with Gasteiger partial charge in [0.25, 0.3) is 0 Å². The summed E-state index contributed by atoms with van der Waals surface area (Å²) in [6.07, 6.45) is 0.641. The molecule has 1 atom stereocenters. The summed E-state index contributed by atoms with van der Waals surface area (Å²) in [5.74, 6) is -0.311. The van der Waals surface area contributed by atoms with Crippen LogP contribution in [0.1, 0.15) is 32.8 Å². The third-order valence-corrected chi connectivity index (χ3v) is 4.15. The van der Waals surface area contributed by atoms with Crippen LogP contribution in [-0.4, -0.2) is 18.4 Å². The first kappa shape index (κ1) is 16.2. The Balaban J connectivity index is 2.34. The van der Waals surface area contributed by atoms with E-state index in [-0.39, 0.29) is 18.2 Å². The molecule has 22 heavy (non-hydrogen) atoms. The molecule has 2 rings (SSSR count). The molecule has 0 saturated carbocycles. The third kappa shape index (κ3) is 3.53. The zero-order chi connectivity index (χ0) is 16.2. The largest absolute Gasteiger partial charge is 0.466 e. The van der Waals surface area contributed by atoms with E-state index in [0.717, 1.165) is 16.3 Å². The van der Waals surface area contributed by atoms with Crippen molar-refractivity contribution in [1.82, 2.24) is 0 Å². The summed E-state index contributed by atoms with van der Waals surface area (Å²) in [7, 11) is 0. The van der Waals surface area contributed by atoms with Crippen LogP contribution in [0.5, 0.6) is 0 Å². The van der Waals surface area contributed by atoms with Crippen LogP contribution >= 0.6 is 0 Å². The lowest BCUT2D eigenvalue weighted by Gasteiger charge is -2.26. The van der Waals surface area contributed by atoms with E-state index in [1.807, 2.05) is 31.2 Å². The number of carbonyl (C=O) groups excluding carboxylic acids is 2. The first-order valence-corrected chi connectivity index (χ1v) is 7.59. The summed E-state index contributed by atoms with van der Waals surface area (Å²) in [6, 6.07) is 14.1. The van der Waals surface area contributed by atoms with Gasteiger partial charge >= 0.3 is 5.97 Å². The molecule has 0 amide bonds. The number of benzene rings is 2. The summed E-state index contributed by atoms with van der Waals surface area (Å²) in [4.78, 5) is 24.0. The normalized spacial score (nSPS) is 13.6. The fraction of sp³-hybridized carbons (Fsp3) is 0.368. The monoisotopic (exact) mass is 298 g/mol. The van der Waals surface area contributed by atoms with Gasteiger partial charge in [-0.05, 0) is 36.6 Å². The van der Waals surface area contributed by atoms with Crippen LogP contribution in [0.4, 0.5) is 0 Å². The van der Waals surface area contributed by atoms with Crippen molar-refractivity contribution in [2.45, 2.75) is 33.6 Å². The van der Waals surface area contributed by atoms with E-state index in [1.54, 1.807) is 13.8 Å². The Morgan fingerprint density at radius 3 is 2.45 bits per heavy atom. The summed E-state index contributed by atoms with van der Waals surface area (Å²) >= 11 is 0. The van der Waals surface area contributed by atoms with Gasteiger partial charge in [-0.15, -0.1) is 0 Å². The predicted molar refractivity (Wildman–Crippen MR) is 87.7 cm³/mol. The molecule has 0 heterocycles. The Morgan fingerprint density at radius 2 is 1.77 bits per heavy atom. The molecule has 0 N–H and O–H groups in total. The minimum absolute atomic E-state index is 0.00786. The van der Waals surface area contributed by atoms with Crippen LogP contribution in [0, 0.1) is 5.41 Å². The minimum Gasteiger partial charge on any atom is -0.466 e. The Hall–Kier alpha value is -2.16. The fourth-order valence-corrected chi connectivity index (χ4v) is 2.71. The van der Waals surface area contributed by atoms with E-state index in [0.29, 0.717) is 13.0 Å². The van der Waals surface area contributed by atoms with Gasteiger partial charge in [0, 0.05) is 5.41 Å². The molecule has 0 aliphatic rings. The van der Waals surface area contributed by atoms with Crippen LogP contribution in [0.15, 0.2) is 42.5 Å². The van der Waals surface area contributed by atoms with E-state index in [2.05, 4.69) is 18.2 Å². The van der Waals surface area contributed by atoms with Crippen molar-refractivity contribution < 1.29 is 14.3 Å². The SMILES string of the molecule is CCOC(=O)CC(C)(Cc1cccc2ccccc12)C(C)=O. The van der Waals surface area contributed by atoms with Crippen molar-refractivity contribution in [2.24, 2.45) is 5.41 Å². The second-order valence-corrected chi connectivity index (χ2v) is 5.91. The molecular weight excluding hydrogens is 276 g/mol. The van der Waals surface area contributed by atoms with Gasteiger partial charge in [0.15, 0.2) is 0 Å². The van der Waals surface area contributed by atoms with Crippen molar-refractivity contribution in [1.29, 1.82) is 0 Å². The summed E-state index contributed by atoms with van der Waals surface area (Å²) in [5, 5.41) is 2.27. The fourth-order valence-electron chi connectivity index (χ4n) is 2.71. The average Bonchev–Trinajstić information content (AvgIpc) is 2.47. The highest BCUT2D eigenvalue weighted by Gasteiger charge is 2.33. The molecule has 0 aromatic heterocycles. The molecule has 0 aliphatic carbocycles. The Labute approximate surface area is 131 Å². The second kappa shape index (κ2) is 6.73. The molecule has 0 spiro atoms. The number of Topliss-reactive ketones (excluding diaryl/α,β-unsaturated/α-hetero) is 1. The van der Waals surface area contributed by atoms with Gasteiger partial charge in [-0.3, -0.25) is 9.59 Å². The van der Waals surface area contributed by atoms with Crippen molar-refractivity contribution in [3.63, 3.8) is 0 Å². The molecule has 0 aliphatic heterocycles. The lowest BCUT2D eigenvalue weighted by molar-refractivity contribution is -0.148. The Kier molecular flexibility index (Phi) is 4.96. The molecule has 116 valence electrons. The maximum Gasteiger partial charge on any atom is 0.306 e. The minimum atomic E-state index is -0.740. The lowest BCUT2D eigenvalue weighted by atomic mass is 9.76. The Morgan fingerprint density at radius 1 is 1.09 bits per heavy atom. The van der Waals surface area contributed by atoms with Gasteiger partial charge in [0.1, 0.15) is 5.78 Å². The van der Waals surface area contributed by atoms with Gasteiger partial charge in [-0.25, -0.2) is 0 Å². The molecule has 0 radical (unpaired) electrons. The number of hydrogen-bond donors (Lipinski definition) is 0. The molecule has 3 nitrogen and oxygen atoms in total. The van der Waals surface area contributed by atoms with Crippen molar-refractivity contribution in [2.75, 3.05) is 6.61 Å². The Bertz CT molecular complexity index is 685. The topological polar surface area (TPSA) is 43.4 Å². The standard InChI is InChI=1S/C19H22O3/c1-4-22-18(21)13-19(3,14(2)20)12-16-10-7-9-15-8-5-6-11-17(15)16/h5-11H,4,12-13H2,1-3H3. The van der Waals surface area contributed by atoms with E-state index in [1.165, 1.54) is 0 Å². The number of fused-ring (bicyclic) bond motifs is 1. The summed E-state index contributed by atoms with van der Waals surface area (Å²) in [5.41, 5.74) is 0.344. The summed E-state index contributed by atoms with van der Waals surface area (Å²) in [6.45, 7) is 5.49. The number of ketones is 1. The highest BCUT2D eigenvalue weighted by Crippen LogP contribution is 2.31. The van der Waals surface area contributed by atoms with Crippen LogP contribution in [0.25, 0.3) is 10.8 Å². The molecule has 2 aromatic rings. The number of ether oxygens (including phenoxy) is 1. The maximum absolute atomic E-state index is 12.1. The number of rotatable bonds is 6. The van der Waals surface area contributed by atoms with Crippen molar-refractivity contribution in [3.05, 3.63) is 48.0 Å². The highest BCUT2D eigenvalue weighted by atomic mass is 16.5. The van der Waals surface area contributed by atoms with Crippen LogP contribution < -0.4 is 0 Å². The van der Waals surface area contributed by atoms with Gasteiger partial charge in [-0.1, -0.05) is 49.4 Å². The third-order valence-electron chi connectivity index (χ3n) is 4.15. The zero-order valence-electron chi connectivity index (χ0n) is 13.4. The van der Waals surface area contributed by atoms with E-state index in [9.17, 15) is 9.59 Å². The maximum atomic E-state index is 12.1. The van der Waals surface area contributed by atoms with Crippen LogP contribution in [-0.2, 0) is 20.7 Å². The van der Waals surface area contributed by atoms with E-state index in [4.69, 9.17) is 4.74 Å².